The number of benzene rings is 1. The predicted octanol–water partition coefficient (Wildman–Crippen LogP) is 3.03. The van der Waals surface area contributed by atoms with Crippen LogP contribution in [0.1, 0.15) is 12.0 Å². The summed E-state index contributed by atoms with van der Waals surface area (Å²) < 4.78 is 1.15. The second kappa shape index (κ2) is 5.56. The van der Waals surface area contributed by atoms with Crippen molar-refractivity contribution in [2.24, 2.45) is 4.99 Å². The second-order valence-corrected chi connectivity index (χ2v) is 5.27. The first-order valence-corrected chi connectivity index (χ1v) is 6.78. The van der Waals surface area contributed by atoms with E-state index in [4.69, 9.17) is 0 Å². The van der Waals surface area contributed by atoms with Crippen LogP contribution in [0.2, 0.25) is 0 Å². The van der Waals surface area contributed by atoms with Gasteiger partial charge < -0.3 is 5.32 Å². The van der Waals surface area contributed by atoms with Crippen molar-refractivity contribution in [2.45, 2.75) is 13.0 Å². The highest BCUT2D eigenvalue weighted by molar-refractivity contribution is 9.10. The molecular weight excluding hydrogens is 272 g/mol. The quantitative estimate of drug-likeness (QED) is 0.903. The largest absolute Gasteiger partial charge is 0.361 e. The topological polar surface area (TPSA) is 24.4 Å². The molecule has 1 aromatic rings. The summed E-state index contributed by atoms with van der Waals surface area (Å²) >= 11 is 5.35. The zero-order valence-corrected chi connectivity index (χ0v) is 10.8. The van der Waals surface area contributed by atoms with Crippen LogP contribution in [-0.4, -0.2) is 17.5 Å². The molecule has 0 saturated heterocycles. The Kier molecular flexibility index (Phi) is 4.09. The van der Waals surface area contributed by atoms with Crippen LogP contribution in [0.15, 0.2) is 33.7 Å². The van der Waals surface area contributed by atoms with Gasteiger partial charge in [0.25, 0.3) is 0 Å². The minimum absolute atomic E-state index is 0.841. The van der Waals surface area contributed by atoms with Crippen LogP contribution < -0.4 is 5.32 Å². The Morgan fingerprint density at radius 3 is 3.00 bits per heavy atom. The molecule has 0 aliphatic carbocycles. The number of nitrogens with zero attached hydrogens (tertiary/aromatic N) is 1. The van der Waals surface area contributed by atoms with E-state index in [2.05, 4.69) is 44.4 Å². The van der Waals surface area contributed by atoms with E-state index < -0.39 is 0 Å². The predicted molar refractivity (Wildman–Crippen MR) is 70.4 cm³/mol. The Labute approximate surface area is 103 Å². The van der Waals surface area contributed by atoms with Crippen LogP contribution >= 0.6 is 27.7 Å². The molecule has 0 atom stereocenters. The van der Waals surface area contributed by atoms with Crippen LogP contribution in [0.5, 0.6) is 0 Å². The zero-order valence-electron chi connectivity index (χ0n) is 8.37. The Hall–Kier alpha value is -0.480. The number of rotatable bonds is 2. The summed E-state index contributed by atoms with van der Waals surface area (Å²) in [6, 6.07) is 8.26. The van der Waals surface area contributed by atoms with E-state index in [-0.39, 0.29) is 0 Å². The molecule has 0 fully saturated rings. The lowest BCUT2D eigenvalue weighted by Gasteiger charge is -2.13. The Morgan fingerprint density at radius 1 is 1.40 bits per heavy atom. The van der Waals surface area contributed by atoms with Crippen molar-refractivity contribution < 1.29 is 0 Å². The van der Waals surface area contributed by atoms with Gasteiger partial charge in [0, 0.05) is 23.3 Å². The van der Waals surface area contributed by atoms with Crippen molar-refractivity contribution in [3.63, 3.8) is 0 Å². The summed E-state index contributed by atoms with van der Waals surface area (Å²) in [4.78, 5) is 4.43. The molecule has 2 rings (SSSR count). The van der Waals surface area contributed by atoms with Gasteiger partial charge in [0.15, 0.2) is 5.17 Å². The van der Waals surface area contributed by atoms with Crippen LogP contribution in [0.4, 0.5) is 0 Å². The number of amidine groups is 1. The molecule has 0 amide bonds. The van der Waals surface area contributed by atoms with Crippen molar-refractivity contribution in [3.05, 3.63) is 34.3 Å². The smallest absolute Gasteiger partial charge is 0.156 e. The number of hydrogen-bond donors (Lipinski definition) is 1. The number of nitrogens with one attached hydrogen (secondary N) is 1. The molecular formula is C11H13BrN2S. The zero-order chi connectivity index (χ0) is 10.5. The summed E-state index contributed by atoms with van der Waals surface area (Å²) in [5, 5.41) is 4.44. The van der Waals surface area contributed by atoms with Crippen molar-refractivity contribution in [1.82, 2.24) is 5.32 Å². The first-order chi connectivity index (χ1) is 7.36. The SMILES string of the molecule is Brc1ccccc1CNC1=NCCCS1. The molecule has 0 unspecified atom stereocenters. The first-order valence-electron chi connectivity index (χ1n) is 5.01. The van der Waals surface area contributed by atoms with Gasteiger partial charge in [-0.2, -0.15) is 0 Å². The van der Waals surface area contributed by atoms with Crippen molar-refractivity contribution >= 4 is 32.9 Å². The lowest BCUT2D eigenvalue weighted by molar-refractivity contribution is 0.878. The van der Waals surface area contributed by atoms with Crippen molar-refractivity contribution in [3.8, 4) is 0 Å². The van der Waals surface area contributed by atoms with E-state index in [9.17, 15) is 0 Å². The molecule has 0 bridgehead atoms. The van der Waals surface area contributed by atoms with Gasteiger partial charge in [-0.15, -0.1) is 0 Å². The highest BCUT2D eigenvalue weighted by Gasteiger charge is 2.05. The van der Waals surface area contributed by atoms with Crippen LogP contribution in [-0.2, 0) is 6.54 Å². The maximum Gasteiger partial charge on any atom is 0.156 e. The number of aliphatic imine (C=N–C) groups is 1. The number of thioether (sulfide) groups is 1. The van der Waals surface area contributed by atoms with Crippen molar-refractivity contribution in [1.29, 1.82) is 0 Å². The molecule has 15 heavy (non-hydrogen) atoms. The van der Waals surface area contributed by atoms with Gasteiger partial charge in [0.2, 0.25) is 0 Å². The van der Waals surface area contributed by atoms with E-state index >= 15 is 0 Å². The van der Waals surface area contributed by atoms with Gasteiger partial charge in [-0.25, -0.2) is 0 Å². The molecule has 0 spiro atoms. The Balaban J connectivity index is 1.93. The molecule has 0 saturated carbocycles. The lowest BCUT2D eigenvalue weighted by atomic mass is 10.2. The monoisotopic (exact) mass is 284 g/mol. The van der Waals surface area contributed by atoms with Crippen LogP contribution in [0, 0.1) is 0 Å². The summed E-state index contributed by atoms with van der Waals surface area (Å²) in [7, 11) is 0. The van der Waals surface area contributed by atoms with E-state index in [0.29, 0.717) is 0 Å². The molecule has 1 heterocycles. The average Bonchev–Trinajstić information content (AvgIpc) is 2.29. The molecule has 0 radical (unpaired) electrons. The third-order valence-electron chi connectivity index (χ3n) is 2.18. The molecule has 2 nitrogen and oxygen atoms in total. The van der Waals surface area contributed by atoms with Gasteiger partial charge in [-0.3, -0.25) is 4.99 Å². The van der Waals surface area contributed by atoms with E-state index in [1.165, 1.54) is 17.7 Å². The summed E-state index contributed by atoms with van der Waals surface area (Å²) in [5.74, 6) is 1.18. The minimum atomic E-state index is 0.841. The molecule has 0 aromatic heterocycles. The normalized spacial score (nSPS) is 15.9. The average molecular weight is 285 g/mol. The Bertz CT molecular complexity index is 365. The fourth-order valence-corrected chi connectivity index (χ4v) is 2.63. The van der Waals surface area contributed by atoms with Crippen LogP contribution in [0.3, 0.4) is 0 Å². The standard InChI is InChI=1S/C11H13BrN2S/c12-10-5-2-1-4-9(10)8-14-11-13-6-3-7-15-11/h1-2,4-5H,3,6-8H2,(H,13,14). The van der Waals surface area contributed by atoms with Crippen LogP contribution in [0.25, 0.3) is 0 Å². The third kappa shape index (κ3) is 3.24. The molecule has 1 aliphatic rings. The summed E-state index contributed by atoms with van der Waals surface area (Å²) in [6.45, 7) is 1.80. The van der Waals surface area contributed by atoms with Gasteiger partial charge in [0.05, 0.1) is 0 Å². The third-order valence-corrected chi connectivity index (χ3v) is 4.00. The lowest BCUT2D eigenvalue weighted by Crippen LogP contribution is -2.23. The van der Waals surface area contributed by atoms with Gasteiger partial charge >= 0.3 is 0 Å². The van der Waals surface area contributed by atoms with E-state index in [1.807, 2.05) is 17.8 Å². The van der Waals surface area contributed by atoms with Gasteiger partial charge in [-0.1, -0.05) is 45.9 Å². The highest BCUT2D eigenvalue weighted by atomic mass is 79.9. The van der Waals surface area contributed by atoms with Crippen molar-refractivity contribution in [2.75, 3.05) is 12.3 Å². The Morgan fingerprint density at radius 2 is 2.27 bits per heavy atom. The highest BCUT2D eigenvalue weighted by Crippen LogP contribution is 2.16. The molecule has 1 N–H and O–H groups in total. The summed E-state index contributed by atoms with van der Waals surface area (Å²) in [5.41, 5.74) is 1.27. The maximum absolute atomic E-state index is 4.43. The van der Waals surface area contributed by atoms with Gasteiger partial charge in [-0.05, 0) is 18.1 Å². The first kappa shape index (κ1) is 11.0. The number of halogens is 1. The molecule has 1 aliphatic heterocycles. The van der Waals surface area contributed by atoms with E-state index in [1.54, 1.807) is 0 Å². The summed E-state index contributed by atoms with van der Waals surface area (Å²) in [6.07, 6.45) is 1.20. The molecule has 4 heteroatoms. The fraction of sp³-hybridized carbons (Fsp3) is 0.364. The number of hydrogen-bond acceptors (Lipinski definition) is 3. The minimum Gasteiger partial charge on any atom is -0.361 e. The second-order valence-electron chi connectivity index (χ2n) is 3.33. The maximum atomic E-state index is 4.43. The van der Waals surface area contributed by atoms with Gasteiger partial charge in [0.1, 0.15) is 0 Å². The van der Waals surface area contributed by atoms with E-state index in [0.717, 1.165) is 22.7 Å². The molecule has 80 valence electrons. The molecule has 1 aromatic carbocycles. The fourth-order valence-electron chi connectivity index (χ4n) is 1.38.